The summed E-state index contributed by atoms with van der Waals surface area (Å²) in [4.78, 5) is 24.9. The summed E-state index contributed by atoms with van der Waals surface area (Å²) in [5, 5.41) is 5.75. The zero-order valence-corrected chi connectivity index (χ0v) is 19.3. The number of carbonyl (C=O) groups is 1. The molecule has 0 N–H and O–H groups in total. The van der Waals surface area contributed by atoms with Gasteiger partial charge < -0.3 is 14.0 Å². The fourth-order valence-electron chi connectivity index (χ4n) is 3.75. The van der Waals surface area contributed by atoms with Crippen molar-refractivity contribution in [3.05, 3.63) is 64.1 Å². The summed E-state index contributed by atoms with van der Waals surface area (Å²) in [6, 6.07) is 11.1. The first-order chi connectivity index (χ1) is 15.0. The first-order valence-corrected chi connectivity index (χ1v) is 10.6. The number of rotatable bonds is 4. The van der Waals surface area contributed by atoms with Gasteiger partial charge in [0.05, 0.1) is 28.5 Å². The lowest BCUT2D eigenvalue weighted by Gasteiger charge is -2.32. The third-order valence-corrected chi connectivity index (χ3v) is 6.28. The number of aromatic nitrogens is 2. The first-order valence-electron chi connectivity index (χ1n) is 10.6. The van der Waals surface area contributed by atoms with E-state index in [9.17, 15) is 9.59 Å². The van der Waals surface area contributed by atoms with Crippen molar-refractivity contribution < 1.29 is 18.8 Å². The Morgan fingerprint density at radius 3 is 2.47 bits per heavy atom. The molecule has 0 aliphatic carbocycles. The van der Waals surface area contributed by atoms with Crippen molar-refractivity contribution in [3.63, 3.8) is 0 Å². The Labute approximate surface area is 187 Å². The maximum atomic E-state index is 13.3. The Hall–Kier alpha value is -2.97. The van der Waals surface area contributed by atoms with Crippen LogP contribution in [-0.4, -0.2) is 34.1 Å². The number of carbonyl (C=O) groups excluding carboxylic acids is 1. The van der Waals surface area contributed by atoms with Gasteiger partial charge in [0.15, 0.2) is 0 Å². The molecule has 0 spiro atoms. The quantitative estimate of drug-likeness (QED) is 0.464. The minimum atomic E-state index is -0.677. The molecule has 0 saturated carbocycles. The summed E-state index contributed by atoms with van der Waals surface area (Å²) < 4.78 is 19.1. The van der Waals surface area contributed by atoms with Crippen LogP contribution in [0.5, 0.6) is 0 Å². The van der Waals surface area contributed by atoms with E-state index in [0.29, 0.717) is 22.1 Å². The zero-order chi connectivity index (χ0) is 23.3. The van der Waals surface area contributed by atoms with E-state index < -0.39 is 24.3 Å². The minimum absolute atomic E-state index is 0.0367. The van der Waals surface area contributed by atoms with Crippen molar-refractivity contribution in [2.45, 2.75) is 59.4 Å². The van der Waals surface area contributed by atoms with Gasteiger partial charge in [0.1, 0.15) is 6.61 Å². The Balaban J connectivity index is 1.88. The molecule has 1 fully saturated rings. The number of fused-ring (bicyclic) bond motifs is 1. The van der Waals surface area contributed by atoms with Crippen LogP contribution in [0.3, 0.4) is 0 Å². The van der Waals surface area contributed by atoms with Gasteiger partial charge >= 0.3 is 13.1 Å². The monoisotopic (exact) mass is 434 g/mol. The summed E-state index contributed by atoms with van der Waals surface area (Å²) in [6.45, 7) is 11.2. The second kappa shape index (κ2) is 7.87. The van der Waals surface area contributed by atoms with Crippen molar-refractivity contribution in [1.82, 2.24) is 9.78 Å². The predicted molar refractivity (Wildman–Crippen MR) is 123 cm³/mol. The molecule has 2 heterocycles. The lowest BCUT2D eigenvalue weighted by Crippen LogP contribution is -2.41. The average molecular weight is 434 g/mol. The van der Waals surface area contributed by atoms with Gasteiger partial charge in [-0.05, 0) is 58.3 Å². The molecule has 0 atom stereocenters. The van der Waals surface area contributed by atoms with Crippen LogP contribution in [0.15, 0.2) is 47.4 Å². The number of esters is 1. The van der Waals surface area contributed by atoms with Crippen LogP contribution in [0.4, 0.5) is 0 Å². The minimum Gasteiger partial charge on any atom is -0.461 e. The molecule has 1 saturated heterocycles. The topological polar surface area (TPSA) is 79.7 Å². The summed E-state index contributed by atoms with van der Waals surface area (Å²) >= 11 is 0. The van der Waals surface area contributed by atoms with Crippen molar-refractivity contribution in [1.29, 1.82) is 0 Å². The van der Waals surface area contributed by atoms with Gasteiger partial charge in [-0.2, -0.15) is 9.78 Å². The van der Waals surface area contributed by atoms with Crippen LogP contribution in [0.25, 0.3) is 16.5 Å². The first kappa shape index (κ1) is 22.2. The highest BCUT2D eigenvalue weighted by Crippen LogP contribution is 2.37. The van der Waals surface area contributed by atoms with Gasteiger partial charge in [-0.25, -0.2) is 0 Å². The molecule has 2 aromatic carbocycles. The lowest BCUT2D eigenvalue weighted by molar-refractivity contribution is -0.142. The maximum Gasteiger partial charge on any atom is 0.495 e. The van der Waals surface area contributed by atoms with Crippen LogP contribution in [-0.2, 0) is 25.4 Å². The lowest BCUT2D eigenvalue weighted by atomic mass is 9.75. The highest BCUT2D eigenvalue weighted by molar-refractivity contribution is 6.62. The fourth-order valence-corrected chi connectivity index (χ4v) is 3.75. The molecule has 3 aromatic rings. The van der Waals surface area contributed by atoms with Crippen molar-refractivity contribution >= 4 is 29.3 Å². The van der Waals surface area contributed by atoms with E-state index in [0.717, 1.165) is 10.9 Å². The standard InChI is InChI=1S/C24H27BN2O5/c1-15-10-11-18-17(12-15)13-26-27(22(18)29)21-9-7-8-20(19(21)14-30-16(2)28)25-31-23(3,4)24(5,6)32-25/h7-13H,14H2,1-6H3. The van der Waals surface area contributed by atoms with Crippen LogP contribution >= 0.6 is 0 Å². The van der Waals surface area contributed by atoms with Crippen LogP contribution < -0.4 is 11.0 Å². The second-order valence-electron chi connectivity index (χ2n) is 9.17. The highest BCUT2D eigenvalue weighted by atomic mass is 16.7. The summed E-state index contributed by atoms with van der Waals surface area (Å²) in [5.74, 6) is -0.422. The molecule has 0 bridgehead atoms. The van der Waals surface area contributed by atoms with Crippen molar-refractivity contribution in [2.75, 3.05) is 0 Å². The maximum absolute atomic E-state index is 13.3. The second-order valence-corrected chi connectivity index (χ2v) is 9.17. The number of nitrogens with zero attached hydrogens (tertiary/aromatic N) is 2. The number of benzene rings is 2. The third kappa shape index (κ3) is 3.85. The summed E-state index contributed by atoms with van der Waals surface area (Å²) in [6.07, 6.45) is 1.67. The molecular weight excluding hydrogens is 407 g/mol. The smallest absolute Gasteiger partial charge is 0.461 e. The van der Waals surface area contributed by atoms with E-state index in [-0.39, 0.29) is 12.2 Å². The third-order valence-electron chi connectivity index (χ3n) is 6.28. The Morgan fingerprint density at radius 1 is 1.12 bits per heavy atom. The molecule has 8 heteroatoms. The molecule has 1 aliphatic rings. The highest BCUT2D eigenvalue weighted by Gasteiger charge is 2.52. The molecule has 1 aliphatic heterocycles. The molecule has 0 amide bonds. The Morgan fingerprint density at radius 2 is 1.81 bits per heavy atom. The largest absolute Gasteiger partial charge is 0.495 e. The van der Waals surface area contributed by atoms with Crippen molar-refractivity contribution in [3.8, 4) is 5.69 Å². The number of ether oxygens (including phenoxy) is 1. The van der Waals surface area contributed by atoms with Gasteiger partial charge in [0.2, 0.25) is 0 Å². The van der Waals surface area contributed by atoms with E-state index in [1.165, 1.54) is 11.6 Å². The average Bonchev–Trinajstić information content (AvgIpc) is 2.93. The van der Waals surface area contributed by atoms with Gasteiger partial charge in [-0.15, -0.1) is 0 Å². The van der Waals surface area contributed by atoms with Gasteiger partial charge in [0, 0.05) is 17.9 Å². The molecular formula is C24H27BN2O5. The van der Waals surface area contributed by atoms with Gasteiger partial charge in [-0.1, -0.05) is 23.8 Å². The summed E-state index contributed by atoms with van der Waals surface area (Å²) in [7, 11) is -0.677. The Bertz CT molecular complexity index is 1250. The van der Waals surface area contributed by atoms with E-state index in [2.05, 4.69) is 5.10 Å². The van der Waals surface area contributed by atoms with E-state index in [1.807, 2.05) is 58.9 Å². The molecule has 0 unspecified atom stereocenters. The SMILES string of the molecule is CC(=O)OCc1c(B2OC(C)(C)C(C)(C)O2)cccc1-n1ncc2cc(C)ccc2c1=O. The molecule has 7 nitrogen and oxygen atoms in total. The molecule has 166 valence electrons. The summed E-state index contributed by atoms with van der Waals surface area (Å²) in [5.41, 5.74) is 1.55. The van der Waals surface area contributed by atoms with Crippen molar-refractivity contribution in [2.24, 2.45) is 0 Å². The molecule has 1 aromatic heterocycles. The fraction of sp³-hybridized carbons (Fsp3) is 0.375. The van der Waals surface area contributed by atoms with Crippen LogP contribution in [0.2, 0.25) is 0 Å². The van der Waals surface area contributed by atoms with E-state index in [1.54, 1.807) is 18.3 Å². The van der Waals surface area contributed by atoms with E-state index in [4.69, 9.17) is 14.0 Å². The molecule has 0 radical (unpaired) electrons. The predicted octanol–water partition coefficient (Wildman–Crippen LogP) is 3.06. The Kier molecular flexibility index (Phi) is 5.47. The van der Waals surface area contributed by atoms with Crippen LogP contribution in [0, 0.1) is 6.92 Å². The number of hydrogen-bond donors (Lipinski definition) is 0. The van der Waals surface area contributed by atoms with Gasteiger partial charge in [0.25, 0.3) is 5.56 Å². The van der Waals surface area contributed by atoms with E-state index >= 15 is 0 Å². The van der Waals surface area contributed by atoms with Crippen LogP contribution in [0.1, 0.15) is 45.7 Å². The zero-order valence-electron chi connectivity index (χ0n) is 19.3. The number of hydrogen-bond acceptors (Lipinski definition) is 6. The normalized spacial score (nSPS) is 17.0. The van der Waals surface area contributed by atoms with Gasteiger partial charge in [-0.3, -0.25) is 9.59 Å². The number of aryl methyl sites for hydroxylation is 1. The molecule has 4 rings (SSSR count). The molecule has 32 heavy (non-hydrogen) atoms.